The van der Waals surface area contributed by atoms with E-state index in [2.05, 4.69) is 13.8 Å². The van der Waals surface area contributed by atoms with Gasteiger partial charge >= 0.3 is 6.18 Å². The zero-order valence-corrected chi connectivity index (χ0v) is 13.0. The number of aliphatic hydroxyl groups is 1. The first-order valence-electron chi connectivity index (χ1n) is 8.16. The molecule has 0 aromatic heterocycles. The Labute approximate surface area is 122 Å². The van der Waals surface area contributed by atoms with E-state index >= 15 is 0 Å². The smallest absolute Gasteiger partial charge is 0.384 e. The van der Waals surface area contributed by atoms with Crippen molar-refractivity contribution in [2.75, 3.05) is 0 Å². The summed E-state index contributed by atoms with van der Waals surface area (Å²) in [7, 11) is 0. The van der Waals surface area contributed by atoms with Gasteiger partial charge < -0.3 is 5.11 Å². The molecule has 0 aliphatic carbocycles. The fourth-order valence-electron chi connectivity index (χ4n) is 2.55. The van der Waals surface area contributed by atoms with Crippen LogP contribution in [-0.2, 0) is 0 Å². The summed E-state index contributed by atoms with van der Waals surface area (Å²) in [6.45, 7) is 4.24. The second kappa shape index (κ2) is 11.4. The Bertz CT molecular complexity index is 204. The highest BCUT2D eigenvalue weighted by Crippen LogP contribution is 2.29. The first kappa shape index (κ1) is 19.8. The molecular weight excluding hydrogens is 265 g/mol. The van der Waals surface area contributed by atoms with Crippen LogP contribution in [0.3, 0.4) is 0 Å². The van der Waals surface area contributed by atoms with Crippen LogP contribution in [0.25, 0.3) is 0 Å². The maximum absolute atomic E-state index is 12.4. The van der Waals surface area contributed by atoms with Gasteiger partial charge in [0.1, 0.15) is 6.10 Å². The highest BCUT2D eigenvalue weighted by atomic mass is 19.4. The van der Waals surface area contributed by atoms with Crippen LogP contribution >= 0.6 is 0 Å². The molecule has 122 valence electrons. The van der Waals surface area contributed by atoms with Crippen molar-refractivity contribution < 1.29 is 18.3 Å². The standard InChI is InChI=1S/C16H31F3O/c1-3-5-7-9-11-14(12-10-8-6-4-2)13-15(20)16(17,18)19/h14-15,20H,3-13H2,1-2H3. The van der Waals surface area contributed by atoms with Gasteiger partial charge in [-0.05, 0) is 12.3 Å². The molecule has 0 saturated heterocycles. The van der Waals surface area contributed by atoms with Crippen LogP contribution in [-0.4, -0.2) is 17.4 Å². The normalized spacial score (nSPS) is 13.9. The molecule has 0 rings (SSSR count). The van der Waals surface area contributed by atoms with Crippen molar-refractivity contribution >= 4 is 0 Å². The van der Waals surface area contributed by atoms with Crippen LogP contribution in [0.4, 0.5) is 13.2 Å². The van der Waals surface area contributed by atoms with E-state index in [4.69, 9.17) is 0 Å². The van der Waals surface area contributed by atoms with E-state index in [0.717, 1.165) is 64.2 Å². The zero-order chi connectivity index (χ0) is 15.4. The predicted molar refractivity (Wildman–Crippen MR) is 77.7 cm³/mol. The fraction of sp³-hybridized carbons (Fsp3) is 1.00. The lowest BCUT2D eigenvalue weighted by Gasteiger charge is -2.22. The second-order valence-corrected chi connectivity index (χ2v) is 5.86. The number of alkyl halides is 3. The number of aliphatic hydroxyl groups excluding tert-OH is 1. The minimum Gasteiger partial charge on any atom is -0.384 e. The third-order valence-electron chi connectivity index (χ3n) is 3.87. The average molecular weight is 296 g/mol. The van der Waals surface area contributed by atoms with Crippen molar-refractivity contribution in [3.05, 3.63) is 0 Å². The molecule has 0 fully saturated rings. The van der Waals surface area contributed by atoms with E-state index in [1.807, 2.05) is 0 Å². The van der Waals surface area contributed by atoms with Gasteiger partial charge in [-0.15, -0.1) is 0 Å². The Balaban J connectivity index is 4.09. The Morgan fingerprint density at radius 3 is 1.60 bits per heavy atom. The van der Waals surface area contributed by atoms with Gasteiger partial charge in [0.05, 0.1) is 0 Å². The van der Waals surface area contributed by atoms with Crippen LogP contribution in [0.1, 0.15) is 84.5 Å². The Hall–Kier alpha value is -0.250. The molecule has 0 bridgehead atoms. The van der Waals surface area contributed by atoms with Crippen molar-refractivity contribution in [2.45, 2.75) is 96.8 Å². The van der Waals surface area contributed by atoms with Crippen LogP contribution in [0.2, 0.25) is 0 Å². The lowest BCUT2D eigenvalue weighted by molar-refractivity contribution is -0.208. The van der Waals surface area contributed by atoms with Gasteiger partial charge in [0.25, 0.3) is 0 Å². The van der Waals surface area contributed by atoms with Crippen LogP contribution < -0.4 is 0 Å². The second-order valence-electron chi connectivity index (χ2n) is 5.86. The van der Waals surface area contributed by atoms with E-state index in [1.165, 1.54) is 0 Å². The highest BCUT2D eigenvalue weighted by Gasteiger charge is 2.39. The minimum absolute atomic E-state index is 0.0142. The molecule has 1 unspecified atom stereocenters. The van der Waals surface area contributed by atoms with E-state index in [1.54, 1.807) is 0 Å². The predicted octanol–water partition coefficient (Wildman–Crippen LogP) is 5.86. The average Bonchev–Trinajstić information content (AvgIpc) is 2.38. The van der Waals surface area contributed by atoms with Gasteiger partial charge in [0, 0.05) is 0 Å². The summed E-state index contributed by atoms with van der Waals surface area (Å²) in [6.07, 6.45) is 3.59. The van der Waals surface area contributed by atoms with E-state index in [9.17, 15) is 18.3 Å². The topological polar surface area (TPSA) is 20.2 Å². The number of hydrogen-bond acceptors (Lipinski definition) is 1. The number of halogens is 3. The van der Waals surface area contributed by atoms with Crippen LogP contribution in [0.5, 0.6) is 0 Å². The van der Waals surface area contributed by atoms with Crippen molar-refractivity contribution in [2.24, 2.45) is 5.92 Å². The molecule has 0 aliphatic heterocycles. The molecule has 0 radical (unpaired) electrons. The quantitative estimate of drug-likeness (QED) is 0.447. The molecule has 0 saturated carbocycles. The first-order chi connectivity index (χ1) is 9.41. The maximum atomic E-state index is 12.4. The Kier molecular flexibility index (Phi) is 11.3. The van der Waals surface area contributed by atoms with Gasteiger partial charge in [0.15, 0.2) is 0 Å². The highest BCUT2D eigenvalue weighted by molar-refractivity contribution is 4.71. The monoisotopic (exact) mass is 296 g/mol. The van der Waals surface area contributed by atoms with E-state index in [-0.39, 0.29) is 12.3 Å². The van der Waals surface area contributed by atoms with Crippen molar-refractivity contribution in [1.82, 2.24) is 0 Å². The van der Waals surface area contributed by atoms with Crippen LogP contribution in [0, 0.1) is 5.92 Å². The van der Waals surface area contributed by atoms with Gasteiger partial charge in [0.2, 0.25) is 0 Å². The largest absolute Gasteiger partial charge is 0.414 e. The van der Waals surface area contributed by atoms with E-state index < -0.39 is 12.3 Å². The van der Waals surface area contributed by atoms with Gasteiger partial charge in [-0.2, -0.15) is 13.2 Å². The summed E-state index contributed by atoms with van der Waals surface area (Å²) >= 11 is 0. The number of hydrogen-bond donors (Lipinski definition) is 1. The van der Waals surface area contributed by atoms with E-state index in [0.29, 0.717) is 0 Å². The Morgan fingerprint density at radius 1 is 0.800 bits per heavy atom. The molecule has 0 spiro atoms. The fourth-order valence-corrected chi connectivity index (χ4v) is 2.55. The Morgan fingerprint density at radius 2 is 1.25 bits per heavy atom. The molecular formula is C16H31F3O. The van der Waals surface area contributed by atoms with Gasteiger partial charge in [-0.3, -0.25) is 0 Å². The molecule has 0 heterocycles. The van der Waals surface area contributed by atoms with Crippen LogP contribution in [0.15, 0.2) is 0 Å². The summed E-state index contributed by atoms with van der Waals surface area (Å²) < 4.78 is 37.3. The molecule has 1 atom stereocenters. The molecule has 20 heavy (non-hydrogen) atoms. The van der Waals surface area contributed by atoms with Crippen molar-refractivity contribution in [3.8, 4) is 0 Å². The lowest BCUT2D eigenvalue weighted by Crippen LogP contribution is -2.30. The summed E-state index contributed by atoms with van der Waals surface area (Å²) in [4.78, 5) is 0. The molecule has 0 aromatic rings. The van der Waals surface area contributed by atoms with Crippen molar-refractivity contribution in [3.63, 3.8) is 0 Å². The summed E-state index contributed by atoms with van der Waals surface area (Å²) in [5.41, 5.74) is 0. The molecule has 4 heteroatoms. The third kappa shape index (κ3) is 10.5. The summed E-state index contributed by atoms with van der Waals surface area (Å²) in [5.74, 6) is 0.0142. The van der Waals surface area contributed by atoms with Gasteiger partial charge in [-0.25, -0.2) is 0 Å². The SMILES string of the molecule is CCCCCCC(CCCCCC)CC(O)C(F)(F)F. The minimum atomic E-state index is -4.47. The van der Waals surface area contributed by atoms with Gasteiger partial charge in [-0.1, -0.05) is 78.1 Å². The maximum Gasteiger partial charge on any atom is 0.414 e. The zero-order valence-electron chi connectivity index (χ0n) is 13.0. The molecule has 0 amide bonds. The molecule has 0 aliphatic rings. The lowest BCUT2D eigenvalue weighted by atomic mass is 9.89. The number of rotatable bonds is 12. The molecule has 1 nitrogen and oxygen atoms in total. The number of unbranched alkanes of at least 4 members (excludes halogenated alkanes) is 6. The summed E-state index contributed by atoms with van der Waals surface area (Å²) in [5, 5.41) is 9.24. The van der Waals surface area contributed by atoms with Crippen molar-refractivity contribution in [1.29, 1.82) is 0 Å². The molecule has 0 aromatic carbocycles. The summed E-state index contributed by atoms with van der Waals surface area (Å²) in [6, 6.07) is 0. The molecule has 1 N–H and O–H groups in total. The third-order valence-corrected chi connectivity index (χ3v) is 3.87. The first-order valence-corrected chi connectivity index (χ1v) is 8.16.